The Hall–Kier alpha value is -3.61. The van der Waals surface area contributed by atoms with E-state index in [1.165, 1.54) is 0 Å². The molecule has 17 nitrogen and oxygen atoms in total. The summed E-state index contributed by atoms with van der Waals surface area (Å²) in [5, 5.41) is 55.9. The van der Waals surface area contributed by atoms with Gasteiger partial charge in [-0.25, -0.2) is 14.4 Å². The first kappa shape index (κ1) is 53.1. The van der Waals surface area contributed by atoms with Crippen molar-refractivity contribution in [2.45, 2.75) is 166 Å². The first-order chi connectivity index (χ1) is 36.2. The predicted octanol–water partition coefficient (Wildman–Crippen LogP) is 4.43. The molecule has 10 fully saturated rings. The van der Waals surface area contributed by atoms with Crippen LogP contribution in [0.25, 0.3) is 0 Å². The minimum Gasteiger partial charge on any atom is -0.458 e. The summed E-state index contributed by atoms with van der Waals surface area (Å²) in [4.78, 5) is 68.5. The Balaban J connectivity index is 0.710. The first-order valence-corrected chi connectivity index (χ1v) is 29.6. The maximum Gasteiger partial charge on any atom is 0.508 e. The van der Waals surface area contributed by atoms with Gasteiger partial charge in [0.05, 0.1) is 36.5 Å². The number of carbonyl (C=O) groups excluding carboxylic acids is 5. The number of carbonyl (C=O) groups is 5. The maximum atomic E-state index is 14.0. The smallest absolute Gasteiger partial charge is 0.458 e. The van der Waals surface area contributed by atoms with E-state index in [0.717, 1.165) is 75.4 Å². The molecule has 2 amide bonds. The summed E-state index contributed by atoms with van der Waals surface area (Å²) < 4.78 is 22.9. The summed E-state index contributed by atoms with van der Waals surface area (Å²) in [5.74, 6) is 0.213. The topological polar surface area (TPSA) is 234 Å². The first-order valence-electron chi connectivity index (χ1n) is 29.6. The zero-order valence-electron chi connectivity index (χ0n) is 45.5. The molecular formula is C59H86N4O13. The lowest BCUT2D eigenvalue weighted by Gasteiger charge is -2.65. The lowest BCUT2D eigenvalue weighted by atomic mass is 9.42. The van der Waals surface area contributed by atoms with Crippen LogP contribution in [0.2, 0.25) is 0 Å². The fraction of sp³-hybridized carbons (Fsp3) is 0.847. The molecule has 0 spiro atoms. The van der Waals surface area contributed by atoms with Crippen molar-refractivity contribution in [3.8, 4) is 0 Å². The molecule has 0 aromatic carbocycles. The average Bonchev–Trinajstić information content (AvgIpc) is 4.17. The quantitative estimate of drug-likeness (QED) is 0.131. The van der Waals surface area contributed by atoms with Crippen molar-refractivity contribution in [3.63, 3.8) is 0 Å². The Morgan fingerprint density at radius 1 is 0.605 bits per heavy atom. The van der Waals surface area contributed by atoms with Gasteiger partial charge in [0.15, 0.2) is 0 Å². The van der Waals surface area contributed by atoms with Crippen LogP contribution in [0.3, 0.4) is 0 Å². The highest BCUT2D eigenvalue weighted by Crippen LogP contribution is 2.72. The predicted molar refractivity (Wildman–Crippen MR) is 275 cm³/mol. The van der Waals surface area contributed by atoms with E-state index in [-0.39, 0.29) is 134 Å². The van der Waals surface area contributed by atoms with E-state index in [0.29, 0.717) is 76.5 Å². The molecule has 17 heteroatoms. The van der Waals surface area contributed by atoms with E-state index in [1.807, 2.05) is 13.8 Å². The minimum atomic E-state index is -1.06. The van der Waals surface area contributed by atoms with Gasteiger partial charge < -0.3 is 50.0 Å². The summed E-state index contributed by atoms with van der Waals surface area (Å²) in [6, 6.07) is -0.416. The van der Waals surface area contributed by atoms with Crippen molar-refractivity contribution >= 4 is 29.9 Å². The monoisotopic (exact) mass is 1060 g/mol. The van der Waals surface area contributed by atoms with Crippen LogP contribution in [0.4, 0.5) is 4.79 Å². The number of aliphatic hydroxyl groups excluding tert-OH is 2. The van der Waals surface area contributed by atoms with Crippen LogP contribution in [0, 0.1) is 80.8 Å². The number of esters is 2. The van der Waals surface area contributed by atoms with Crippen LogP contribution in [0.15, 0.2) is 23.3 Å². The molecule has 420 valence electrons. The molecule has 6 N–H and O–H groups in total. The highest BCUT2D eigenvalue weighted by atomic mass is 16.7. The number of ether oxygens (including phenoxy) is 4. The van der Waals surface area contributed by atoms with Crippen LogP contribution >= 0.6 is 0 Å². The Morgan fingerprint density at radius 3 is 1.41 bits per heavy atom. The summed E-state index contributed by atoms with van der Waals surface area (Å²) in [6.07, 6.45) is 13.6. The Kier molecular flexibility index (Phi) is 13.5. The number of fused-ring (bicyclic) bond motifs is 10. The Bertz CT molecular complexity index is 2260. The van der Waals surface area contributed by atoms with Gasteiger partial charge in [-0.15, -0.1) is 0 Å². The van der Waals surface area contributed by atoms with Gasteiger partial charge in [0.2, 0.25) is 11.8 Å². The van der Waals surface area contributed by atoms with Gasteiger partial charge in [-0.05, 0) is 184 Å². The van der Waals surface area contributed by atoms with E-state index in [4.69, 9.17) is 18.9 Å². The fourth-order valence-corrected chi connectivity index (χ4v) is 20.9. The van der Waals surface area contributed by atoms with Crippen molar-refractivity contribution in [2.24, 2.45) is 80.8 Å². The molecule has 20 atom stereocenters. The van der Waals surface area contributed by atoms with Gasteiger partial charge in [-0.1, -0.05) is 27.7 Å². The summed E-state index contributed by atoms with van der Waals surface area (Å²) in [6.45, 7) is 12.2. The number of hydrogen-bond donors (Lipinski definition) is 6. The van der Waals surface area contributed by atoms with Gasteiger partial charge in [-0.3, -0.25) is 19.4 Å². The Morgan fingerprint density at radius 2 is 1.03 bits per heavy atom. The molecule has 4 aliphatic heterocycles. The molecule has 0 aromatic heterocycles. The van der Waals surface area contributed by atoms with Gasteiger partial charge in [0.25, 0.3) is 0 Å². The third-order valence-electron chi connectivity index (χ3n) is 25.1. The number of rotatable bonds is 10. The molecule has 2 unspecified atom stereocenters. The summed E-state index contributed by atoms with van der Waals surface area (Å²) >= 11 is 0. The van der Waals surface area contributed by atoms with Crippen LogP contribution in [0.1, 0.15) is 130 Å². The van der Waals surface area contributed by atoms with Crippen LogP contribution in [-0.2, 0) is 38.1 Å². The van der Waals surface area contributed by atoms with Crippen molar-refractivity contribution < 1.29 is 63.3 Å². The van der Waals surface area contributed by atoms with Gasteiger partial charge >= 0.3 is 18.1 Å². The number of aliphatic hydroxyl groups is 4. The second-order valence-electron chi connectivity index (χ2n) is 27.5. The normalized spacial score (nSPS) is 47.9. The summed E-state index contributed by atoms with van der Waals surface area (Å²) in [5.41, 5.74) is -2.13. The van der Waals surface area contributed by atoms with E-state index in [9.17, 15) is 44.4 Å². The molecule has 0 radical (unpaired) electrons. The largest absolute Gasteiger partial charge is 0.508 e. The highest BCUT2D eigenvalue weighted by Gasteiger charge is 2.73. The number of nitrogens with one attached hydrogen (secondary N) is 2. The van der Waals surface area contributed by atoms with Crippen molar-refractivity contribution in [1.82, 2.24) is 20.4 Å². The van der Waals surface area contributed by atoms with Gasteiger partial charge in [0, 0.05) is 61.2 Å². The van der Waals surface area contributed by atoms with E-state index < -0.39 is 40.4 Å². The average molecular weight is 1060 g/mol. The third-order valence-corrected chi connectivity index (χ3v) is 25.1. The lowest BCUT2D eigenvalue weighted by Crippen LogP contribution is -2.67. The van der Waals surface area contributed by atoms with Crippen LogP contribution in [0.5, 0.6) is 0 Å². The van der Waals surface area contributed by atoms with Crippen LogP contribution in [-0.4, -0.2) is 161 Å². The van der Waals surface area contributed by atoms with Gasteiger partial charge in [-0.2, -0.15) is 0 Å². The second-order valence-corrected chi connectivity index (χ2v) is 27.5. The van der Waals surface area contributed by atoms with Crippen molar-refractivity contribution in [1.29, 1.82) is 0 Å². The molecule has 4 heterocycles. The number of hydrogen-bond acceptors (Lipinski definition) is 15. The van der Waals surface area contributed by atoms with E-state index in [2.05, 4.69) is 34.3 Å². The molecular weight excluding hydrogens is 973 g/mol. The highest BCUT2D eigenvalue weighted by molar-refractivity contribution is 5.86. The number of cyclic esters (lactones) is 2. The molecule has 12 rings (SSSR count). The zero-order chi connectivity index (χ0) is 53.3. The lowest BCUT2D eigenvalue weighted by molar-refractivity contribution is -0.244. The minimum absolute atomic E-state index is 0.0289. The van der Waals surface area contributed by atoms with Crippen molar-refractivity contribution in [2.75, 3.05) is 65.7 Å². The number of nitrogens with zero attached hydrogens (tertiary/aromatic N) is 2. The molecule has 2 saturated heterocycles. The maximum absolute atomic E-state index is 14.0. The molecule has 76 heavy (non-hydrogen) atoms. The molecule has 8 aliphatic carbocycles. The molecule has 12 aliphatic rings. The van der Waals surface area contributed by atoms with Crippen molar-refractivity contribution in [3.05, 3.63) is 23.3 Å². The zero-order valence-corrected chi connectivity index (χ0v) is 45.5. The number of amides is 2. The fourth-order valence-electron chi connectivity index (χ4n) is 20.9. The van der Waals surface area contributed by atoms with E-state index in [1.54, 1.807) is 12.2 Å². The summed E-state index contributed by atoms with van der Waals surface area (Å²) in [7, 11) is 0. The molecule has 8 saturated carbocycles. The number of piperazine rings is 2. The standard InChI is InChI=1S/C59H86N4O13/c1-54-13-9-33(21-37(54)5-7-41-43(54)25-47(64)56(3)39(11-15-58(41,56)71)35-23-51(68)73-29-35)45(62-19-17-60-49(66)27-62)31-75-53(70)76-32-46(63-20-18-61-50(67)28-63)34-10-14-55(2)38(22-34)6-8-42-44(55)26-48(65)57(4)40(12-16-59(42,57)72)36-24-52(69)74-30-36/h23-24,33-34,37-48,64-65,71-72H,5-22,25-32H2,1-4H3,(H,60,66)(H,61,67)/t33-,34-,37+,38+,39+,40+,41+,42+,43-,44-,45?,46?,47+,48+,54-,55-,56-,57-,58-,59-/m0/s1. The second kappa shape index (κ2) is 19.3. The van der Waals surface area contributed by atoms with Crippen LogP contribution < -0.4 is 10.6 Å². The SMILES string of the molecule is C[C@]12CC[C@H](C(COC(=O)OCC([C@H]3CC[C@@]4(C)[C@H](CC[C@@H]5[C@@H]4C[C@@H](O)[C@]4(C)[C@@H](C6=CC(=O)OC6)CC[C@]54O)C3)N3CCNC(=O)C3)N3CCNC(=O)C3)C[C@H]1CC[C@@H]1[C@@H]2C[C@@H](O)[C@]2(C)[C@@H](C3=CC(=O)OC3)CC[C@]12O. The Labute approximate surface area is 448 Å². The van der Waals surface area contributed by atoms with E-state index >= 15 is 0 Å². The molecule has 0 aromatic rings. The van der Waals surface area contributed by atoms with Gasteiger partial charge in [0.1, 0.15) is 26.4 Å². The molecule has 0 bridgehead atoms. The third kappa shape index (κ3) is 8.11.